The lowest BCUT2D eigenvalue weighted by atomic mass is 9.89. The quantitative estimate of drug-likeness (QED) is 0.714. The molecule has 7 nitrogen and oxygen atoms in total. The van der Waals surface area contributed by atoms with Crippen molar-refractivity contribution in [2.75, 3.05) is 7.11 Å². The predicted octanol–water partition coefficient (Wildman–Crippen LogP) is 2.39. The average molecular weight is 356 g/mol. The van der Waals surface area contributed by atoms with Gasteiger partial charge in [0.15, 0.2) is 0 Å². The van der Waals surface area contributed by atoms with Crippen LogP contribution in [0.5, 0.6) is 5.75 Å². The van der Waals surface area contributed by atoms with E-state index in [0.717, 1.165) is 31.2 Å². The number of benzene rings is 1. The van der Waals surface area contributed by atoms with Crippen molar-refractivity contribution in [2.45, 2.75) is 44.1 Å². The SMILES string of the molecule is COc1cccc(-c2cc(C(=O)NC3(C(N)=O)CCCCCC3)[nH]n2)c1. The number of aromatic nitrogens is 2. The third kappa shape index (κ3) is 3.71. The fraction of sp³-hybridized carbons (Fsp3) is 0.421. The Labute approximate surface area is 152 Å². The van der Waals surface area contributed by atoms with Crippen LogP contribution in [-0.2, 0) is 4.79 Å². The minimum atomic E-state index is -0.977. The number of amides is 2. The number of methoxy groups -OCH3 is 1. The second-order valence-electron chi connectivity index (χ2n) is 6.71. The smallest absolute Gasteiger partial charge is 0.270 e. The highest BCUT2D eigenvalue weighted by molar-refractivity contribution is 5.98. The first-order valence-corrected chi connectivity index (χ1v) is 8.86. The summed E-state index contributed by atoms with van der Waals surface area (Å²) in [6.07, 6.45) is 5.00. The van der Waals surface area contributed by atoms with Crippen LogP contribution >= 0.6 is 0 Å². The van der Waals surface area contributed by atoms with Gasteiger partial charge in [0.25, 0.3) is 5.91 Å². The second kappa shape index (κ2) is 7.59. The summed E-state index contributed by atoms with van der Waals surface area (Å²) in [6, 6.07) is 9.09. The molecule has 1 heterocycles. The molecule has 0 aliphatic heterocycles. The zero-order valence-corrected chi connectivity index (χ0v) is 14.9. The number of hydrogen-bond acceptors (Lipinski definition) is 4. The summed E-state index contributed by atoms with van der Waals surface area (Å²) in [7, 11) is 1.60. The number of primary amides is 1. The lowest BCUT2D eigenvalue weighted by molar-refractivity contribution is -0.124. The van der Waals surface area contributed by atoms with E-state index >= 15 is 0 Å². The molecule has 2 aromatic rings. The van der Waals surface area contributed by atoms with Crippen LogP contribution in [0.4, 0.5) is 0 Å². The molecule has 0 bridgehead atoms. The van der Waals surface area contributed by atoms with Crippen LogP contribution in [0, 0.1) is 0 Å². The Morgan fingerprint density at radius 3 is 2.58 bits per heavy atom. The van der Waals surface area contributed by atoms with Gasteiger partial charge in [0.05, 0.1) is 12.8 Å². The third-order valence-corrected chi connectivity index (χ3v) is 4.97. The minimum Gasteiger partial charge on any atom is -0.497 e. The van der Waals surface area contributed by atoms with E-state index in [9.17, 15) is 9.59 Å². The molecule has 0 atom stereocenters. The summed E-state index contributed by atoms with van der Waals surface area (Å²) in [4.78, 5) is 24.7. The largest absolute Gasteiger partial charge is 0.497 e. The van der Waals surface area contributed by atoms with Crippen molar-refractivity contribution in [1.29, 1.82) is 0 Å². The van der Waals surface area contributed by atoms with Crippen molar-refractivity contribution >= 4 is 11.8 Å². The molecule has 3 rings (SSSR count). The van der Waals surface area contributed by atoms with Gasteiger partial charge in [-0.2, -0.15) is 5.10 Å². The number of hydrogen-bond donors (Lipinski definition) is 3. The number of aromatic amines is 1. The van der Waals surface area contributed by atoms with Crippen molar-refractivity contribution in [3.05, 3.63) is 36.0 Å². The predicted molar refractivity (Wildman–Crippen MR) is 97.7 cm³/mol. The highest BCUT2D eigenvalue weighted by Crippen LogP contribution is 2.28. The van der Waals surface area contributed by atoms with Crippen LogP contribution < -0.4 is 15.8 Å². The van der Waals surface area contributed by atoms with Gasteiger partial charge in [-0.25, -0.2) is 0 Å². The van der Waals surface area contributed by atoms with E-state index in [1.165, 1.54) is 0 Å². The van der Waals surface area contributed by atoms with Gasteiger partial charge in [0.2, 0.25) is 5.91 Å². The van der Waals surface area contributed by atoms with Gasteiger partial charge >= 0.3 is 0 Å². The number of ether oxygens (including phenoxy) is 1. The van der Waals surface area contributed by atoms with Crippen LogP contribution in [-0.4, -0.2) is 34.7 Å². The second-order valence-corrected chi connectivity index (χ2v) is 6.71. The van der Waals surface area contributed by atoms with E-state index in [1.807, 2.05) is 24.3 Å². The standard InChI is InChI=1S/C19H24N4O3/c1-26-14-8-6-7-13(11-14)15-12-16(23-22-15)17(24)21-19(18(20)25)9-4-2-3-5-10-19/h6-8,11-12H,2-5,9-10H2,1H3,(H2,20,25)(H,21,24)(H,22,23). The van der Waals surface area contributed by atoms with Gasteiger partial charge in [0.1, 0.15) is 17.0 Å². The van der Waals surface area contributed by atoms with Crippen LogP contribution in [0.3, 0.4) is 0 Å². The van der Waals surface area contributed by atoms with Gasteiger partial charge in [0, 0.05) is 5.56 Å². The molecule has 138 valence electrons. The maximum Gasteiger partial charge on any atom is 0.270 e. The van der Waals surface area contributed by atoms with Gasteiger partial charge in [-0.15, -0.1) is 0 Å². The molecule has 26 heavy (non-hydrogen) atoms. The Morgan fingerprint density at radius 2 is 1.92 bits per heavy atom. The summed E-state index contributed by atoms with van der Waals surface area (Å²) in [5, 5.41) is 9.82. The molecular formula is C19H24N4O3. The van der Waals surface area contributed by atoms with E-state index < -0.39 is 11.4 Å². The lowest BCUT2D eigenvalue weighted by Gasteiger charge is -2.30. The Bertz CT molecular complexity index is 792. The number of carbonyl (C=O) groups excluding carboxylic acids is 2. The monoisotopic (exact) mass is 356 g/mol. The zero-order valence-electron chi connectivity index (χ0n) is 14.9. The molecule has 2 amide bonds. The first kappa shape index (κ1) is 18.0. The number of rotatable bonds is 5. The maximum atomic E-state index is 12.7. The Balaban J connectivity index is 1.79. The fourth-order valence-electron chi connectivity index (χ4n) is 3.42. The van der Waals surface area contributed by atoms with E-state index in [4.69, 9.17) is 10.5 Å². The van der Waals surface area contributed by atoms with E-state index in [-0.39, 0.29) is 5.91 Å². The zero-order chi connectivity index (χ0) is 18.6. The molecule has 1 fully saturated rings. The number of nitrogens with zero attached hydrogens (tertiary/aromatic N) is 1. The van der Waals surface area contributed by atoms with Crippen molar-refractivity contribution in [1.82, 2.24) is 15.5 Å². The molecule has 1 saturated carbocycles. The van der Waals surface area contributed by atoms with Crippen molar-refractivity contribution < 1.29 is 14.3 Å². The van der Waals surface area contributed by atoms with Gasteiger partial charge in [-0.1, -0.05) is 37.8 Å². The maximum absolute atomic E-state index is 12.7. The molecule has 1 aromatic carbocycles. The highest BCUT2D eigenvalue weighted by atomic mass is 16.5. The molecule has 7 heteroatoms. The normalized spacial score (nSPS) is 16.5. The molecule has 1 aliphatic rings. The number of carbonyl (C=O) groups is 2. The van der Waals surface area contributed by atoms with Gasteiger partial charge in [-0.05, 0) is 31.0 Å². The Morgan fingerprint density at radius 1 is 1.19 bits per heavy atom. The van der Waals surface area contributed by atoms with Gasteiger partial charge < -0.3 is 15.8 Å². The van der Waals surface area contributed by atoms with Crippen LogP contribution in [0.15, 0.2) is 30.3 Å². The number of nitrogens with one attached hydrogen (secondary N) is 2. The van der Waals surface area contributed by atoms with E-state index in [2.05, 4.69) is 15.5 Å². The van der Waals surface area contributed by atoms with Crippen molar-refractivity contribution in [2.24, 2.45) is 5.73 Å². The summed E-state index contributed by atoms with van der Waals surface area (Å²) >= 11 is 0. The Kier molecular flexibility index (Phi) is 5.25. The molecule has 1 aromatic heterocycles. The lowest BCUT2D eigenvalue weighted by Crippen LogP contribution is -2.57. The topological polar surface area (TPSA) is 110 Å². The summed E-state index contributed by atoms with van der Waals surface area (Å²) in [5.74, 6) is -0.129. The first-order valence-electron chi connectivity index (χ1n) is 8.86. The molecule has 0 unspecified atom stereocenters. The summed E-state index contributed by atoms with van der Waals surface area (Å²) in [5.41, 5.74) is 6.41. The third-order valence-electron chi connectivity index (χ3n) is 4.97. The molecule has 0 spiro atoms. The Hall–Kier alpha value is -2.83. The number of H-pyrrole nitrogens is 1. The van der Waals surface area contributed by atoms with E-state index in [0.29, 0.717) is 30.0 Å². The molecule has 0 radical (unpaired) electrons. The van der Waals surface area contributed by atoms with E-state index in [1.54, 1.807) is 13.2 Å². The molecule has 1 aliphatic carbocycles. The van der Waals surface area contributed by atoms with Crippen LogP contribution in [0.25, 0.3) is 11.3 Å². The highest BCUT2D eigenvalue weighted by Gasteiger charge is 2.38. The summed E-state index contributed by atoms with van der Waals surface area (Å²) < 4.78 is 5.21. The molecule has 0 saturated heterocycles. The van der Waals surface area contributed by atoms with Gasteiger partial charge in [-0.3, -0.25) is 14.7 Å². The average Bonchev–Trinajstić information content (AvgIpc) is 3.02. The van der Waals surface area contributed by atoms with Crippen molar-refractivity contribution in [3.8, 4) is 17.0 Å². The van der Waals surface area contributed by atoms with Crippen LogP contribution in [0.2, 0.25) is 0 Å². The minimum absolute atomic E-state index is 0.299. The first-order chi connectivity index (χ1) is 12.5. The fourth-order valence-corrected chi connectivity index (χ4v) is 3.42. The molecule has 4 N–H and O–H groups in total. The summed E-state index contributed by atoms with van der Waals surface area (Å²) in [6.45, 7) is 0. The van der Waals surface area contributed by atoms with Crippen LogP contribution in [0.1, 0.15) is 49.0 Å². The van der Waals surface area contributed by atoms with Crippen molar-refractivity contribution in [3.63, 3.8) is 0 Å². The molecular weight excluding hydrogens is 332 g/mol. The number of nitrogens with two attached hydrogens (primary N) is 1.